The van der Waals surface area contributed by atoms with Gasteiger partial charge in [-0.05, 0) is 37.7 Å². The van der Waals surface area contributed by atoms with Crippen molar-refractivity contribution in [2.24, 2.45) is 11.7 Å². The van der Waals surface area contributed by atoms with E-state index in [1.54, 1.807) is 16.8 Å². The highest BCUT2D eigenvalue weighted by Crippen LogP contribution is 2.26. The molecule has 30 heavy (non-hydrogen) atoms. The molecule has 4 rings (SSSR count). The lowest BCUT2D eigenvalue weighted by Gasteiger charge is -2.31. The maximum absolute atomic E-state index is 14.2. The van der Waals surface area contributed by atoms with Gasteiger partial charge in [-0.1, -0.05) is 12.1 Å². The Labute approximate surface area is 175 Å². The Morgan fingerprint density at radius 2 is 1.97 bits per heavy atom. The minimum Gasteiger partial charge on any atom is -0.381 e. The summed E-state index contributed by atoms with van der Waals surface area (Å²) in [7, 11) is 0. The van der Waals surface area contributed by atoms with Crippen LogP contribution in [0.2, 0.25) is 0 Å². The summed E-state index contributed by atoms with van der Waals surface area (Å²) >= 11 is 0. The molecule has 0 spiro atoms. The van der Waals surface area contributed by atoms with Gasteiger partial charge in [0.15, 0.2) is 5.82 Å². The zero-order valence-electron chi connectivity index (χ0n) is 16.9. The molecule has 1 aromatic carbocycles. The molecule has 0 atom stereocenters. The fraction of sp³-hybridized carbons (Fsp3) is 0.500. The molecule has 0 unspecified atom stereocenters. The van der Waals surface area contributed by atoms with Crippen molar-refractivity contribution in [1.82, 2.24) is 9.55 Å². The smallest absolute Gasteiger partial charge is 0.293 e. The van der Waals surface area contributed by atoms with Crippen molar-refractivity contribution < 1.29 is 9.13 Å². The molecule has 7 nitrogen and oxygen atoms in total. The van der Waals surface area contributed by atoms with Crippen LogP contribution >= 0.6 is 0 Å². The van der Waals surface area contributed by atoms with Crippen LogP contribution in [0.4, 0.5) is 15.9 Å². The summed E-state index contributed by atoms with van der Waals surface area (Å²) in [5, 5.41) is 0. The van der Waals surface area contributed by atoms with Gasteiger partial charge in [0, 0.05) is 50.7 Å². The van der Waals surface area contributed by atoms with Gasteiger partial charge in [-0.3, -0.25) is 4.79 Å². The second-order valence-electron chi connectivity index (χ2n) is 8.07. The third-order valence-corrected chi connectivity index (χ3v) is 5.96. The normalized spacial score (nSPS) is 18.4. The van der Waals surface area contributed by atoms with E-state index in [2.05, 4.69) is 9.83 Å². The average Bonchev–Trinajstić information content (AvgIpc) is 2.76. The zero-order valence-corrected chi connectivity index (χ0v) is 16.9. The number of benzene rings is 1. The van der Waals surface area contributed by atoms with E-state index >= 15 is 0 Å². The van der Waals surface area contributed by atoms with Gasteiger partial charge in [-0.25, -0.2) is 14.2 Å². The third kappa shape index (κ3) is 4.37. The van der Waals surface area contributed by atoms with Gasteiger partial charge < -0.3 is 19.9 Å². The van der Waals surface area contributed by atoms with Crippen LogP contribution in [-0.2, 0) is 11.3 Å². The number of nitrogens with zero attached hydrogens (tertiary/aromatic N) is 4. The van der Waals surface area contributed by atoms with Crippen LogP contribution in [0.1, 0.15) is 25.7 Å². The topological polar surface area (TPSA) is 77.7 Å². The van der Waals surface area contributed by atoms with Crippen LogP contribution < -0.4 is 16.2 Å². The van der Waals surface area contributed by atoms with E-state index in [1.807, 2.05) is 4.90 Å². The second-order valence-corrected chi connectivity index (χ2v) is 8.07. The molecular formula is C22H26FN5O2. The fourth-order valence-corrected chi connectivity index (χ4v) is 4.08. The maximum Gasteiger partial charge on any atom is 0.293 e. The first-order chi connectivity index (χ1) is 14.5. The number of piperidine rings is 1. The monoisotopic (exact) mass is 411 g/mol. The summed E-state index contributed by atoms with van der Waals surface area (Å²) < 4.78 is 21.4. The molecule has 2 aromatic rings. The molecule has 2 saturated heterocycles. The molecule has 2 aliphatic heterocycles. The van der Waals surface area contributed by atoms with E-state index in [9.17, 15) is 9.18 Å². The zero-order chi connectivity index (χ0) is 21.1. The summed E-state index contributed by atoms with van der Waals surface area (Å²) in [5.41, 5.74) is 6.95. The summed E-state index contributed by atoms with van der Waals surface area (Å²) in [5.74, 6) is 0.161. The molecule has 2 fully saturated rings. The summed E-state index contributed by atoms with van der Waals surface area (Å²) in [6, 6.07) is 4.59. The molecular weight excluding hydrogens is 385 g/mol. The first-order valence-electron chi connectivity index (χ1n) is 10.4. The van der Waals surface area contributed by atoms with Crippen LogP contribution in [0.3, 0.4) is 0 Å². The average molecular weight is 411 g/mol. The van der Waals surface area contributed by atoms with Gasteiger partial charge in [0.25, 0.3) is 5.56 Å². The van der Waals surface area contributed by atoms with E-state index < -0.39 is 5.82 Å². The van der Waals surface area contributed by atoms with Crippen molar-refractivity contribution in [2.75, 3.05) is 31.2 Å². The van der Waals surface area contributed by atoms with E-state index in [0.717, 1.165) is 25.7 Å². The Balaban J connectivity index is 1.74. The van der Waals surface area contributed by atoms with Gasteiger partial charge >= 0.3 is 0 Å². The molecule has 2 N–H and O–H groups in total. The van der Waals surface area contributed by atoms with Crippen molar-refractivity contribution in [2.45, 2.75) is 38.3 Å². The quantitative estimate of drug-likeness (QED) is 0.783. The minimum absolute atomic E-state index is 0.0282. The number of rotatable bonds is 4. The lowest BCUT2D eigenvalue weighted by Crippen LogP contribution is -2.43. The Hall–Kier alpha value is -2.76. The molecule has 2 aliphatic rings. The highest BCUT2D eigenvalue weighted by atomic mass is 19.1. The Kier molecular flexibility index (Phi) is 6.11. The SMILES string of the molecule is [C-]#[N+]c1ccc(-c2cn(CC3CCOCC3)c(=O)c(N3CCC(N)CC3)n2)cc1F. The van der Waals surface area contributed by atoms with Crippen molar-refractivity contribution in [3.63, 3.8) is 0 Å². The van der Waals surface area contributed by atoms with Gasteiger partial charge in [0.05, 0.1) is 12.3 Å². The van der Waals surface area contributed by atoms with Gasteiger partial charge in [0.2, 0.25) is 5.69 Å². The predicted octanol–water partition coefficient (Wildman–Crippen LogP) is 2.95. The van der Waals surface area contributed by atoms with E-state index in [4.69, 9.17) is 17.0 Å². The first kappa shape index (κ1) is 20.5. The lowest BCUT2D eigenvalue weighted by atomic mass is 10.0. The van der Waals surface area contributed by atoms with Crippen LogP contribution in [0.15, 0.2) is 29.2 Å². The van der Waals surface area contributed by atoms with Crippen molar-refractivity contribution in [3.05, 3.63) is 52.0 Å². The van der Waals surface area contributed by atoms with E-state index in [1.165, 1.54) is 12.1 Å². The summed E-state index contributed by atoms with van der Waals surface area (Å²) in [6.07, 6.45) is 5.14. The minimum atomic E-state index is -0.586. The number of halogens is 1. The second kappa shape index (κ2) is 8.94. The van der Waals surface area contributed by atoms with E-state index in [-0.39, 0.29) is 17.3 Å². The van der Waals surface area contributed by atoms with Crippen molar-refractivity contribution >= 4 is 11.5 Å². The Bertz CT molecular complexity index is 1000. The maximum atomic E-state index is 14.2. The highest BCUT2D eigenvalue weighted by molar-refractivity contribution is 5.64. The molecule has 0 saturated carbocycles. The van der Waals surface area contributed by atoms with Crippen molar-refractivity contribution in [1.29, 1.82) is 0 Å². The summed E-state index contributed by atoms with van der Waals surface area (Å²) in [6.45, 7) is 10.4. The molecule has 0 radical (unpaired) electrons. The molecule has 158 valence electrons. The Morgan fingerprint density at radius 3 is 2.63 bits per heavy atom. The highest BCUT2D eigenvalue weighted by Gasteiger charge is 2.23. The van der Waals surface area contributed by atoms with Gasteiger partial charge in [-0.2, -0.15) is 0 Å². The lowest BCUT2D eigenvalue weighted by molar-refractivity contribution is 0.0609. The first-order valence-corrected chi connectivity index (χ1v) is 10.4. The number of anilines is 1. The standard InChI is InChI=1S/C22H26FN5O2/c1-25-19-3-2-16(12-18(19)23)20-14-28(13-15-6-10-30-11-7-15)22(29)21(26-20)27-8-4-17(24)5-9-27/h2-3,12,14-15,17H,4-11,13,24H2. The summed E-state index contributed by atoms with van der Waals surface area (Å²) in [4.78, 5) is 23.0. The Morgan fingerprint density at radius 1 is 1.23 bits per heavy atom. The number of aromatic nitrogens is 2. The van der Waals surface area contributed by atoms with Gasteiger partial charge in [-0.15, -0.1) is 0 Å². The number of hydrogen-bond acceptors (Lipinski definition) is 5. The molecule has 0 amide bonds. The van der Waals surface area contributed by atoms with Crippen molar-refractivity contribution in [3.8, 4) is 11.3 Å². The molecule has 3 heterocycles. The number of hydrogen-bond donors (Lipinski definition) is 1. The predicted molar refractivity (Wildman–Crippen MR) is 113 cm³/mol. The fourth-order valence-electron chi connectivity index (χ4n) is 4.08. The molecule has 0 bridgehead atoms. The third-order valence-electron chi connectivity index (χ3n) is 5.96. The van der Waals surface area contributed by atoms with Gasteiger partial charge in [0.1, 0.15) is 5.82 Å². The van der Waals surface area contributed by atoms with Crippen LogP contribution in [0.25, 0.3) is 16.1 Å². The molecule has 0 aliphatic carbocycles. The van der Waals surface area contributed by atoms with Crippen LogP contribution in [0.5, 0.6) is 0 Å². The molecule has 1 aromatic heterocycles. The van der Waals surface area contributed by atoms with E-state index in [0.29, 0.717) is 55.8 Å². The largest absolute Gasteiger partial charge is 0.381 e. The van der Waals surface area contributed by atoms with Crippen LogP contribution in [0, 0.1) is 18.3 Å². The van der Waals surface area contributed by atoms with Crippen LogP contribution in [-0.4, -0.2) is 41.9 Å². The number of ether oxygens (including phenoxy) is 1. The molecule has 8 heteroatoms. The number of nitrogens with two attached hydrogens (primary N) is 1.